The molecule has 1 heterocycles. The molecule has 1 rings (SSSR count). The van der Waals surface area contributed by atoms with Gasteiger partial charge in [0.25, 0.3) is 0 Å². The van der Waals surface area contributed by atoms with Crippen LogP contribution in [0.2, 0.25) is 0 Å². The summed E-state index contributed by atoms with van der Waals surface area (Å²) in [4.78, 5) is 27.0. The molecule has 0 saturated carbocycles. The molecule has 0 bridgehead atoms. The van der Waals surface area contributed by atoms with Gasteiger partial charge in [0, 0.05) is 18.1 Å². The van der Waals surface area contributed by atoms with Gasteiger partial charge in [-0.15, -0.1) is 11.3 Å². The first kappa shape index (κ1) is 14.6. The molecular formula is C11H18N4O2S. The number of aromatic nitrogens is 1. The Balaban J connectivity index is 2.42. The fourth-order valence-corrected chi connectivity index (χ4v) is 2.05. The van der Waals surface area contributed by atoms with Crippen molar-refractivity contribution < 1.29 is 9.59 Å². The summed E-state index contributed by atoms with van der Waals surface area (Å²) in [6, 6.07) is -0.968. The van der Waals surface area contributed by atoms with E-state index in [1.807, 2.05) is 12.3 Å². The SMILES string of the molecule is CCNC(=O)NC(=O)C(C)NC(C)c1nccs1. The maximum atomic E-state index is 11.7. The van der Waals surface area contributed by atoms with Crippen LogP contribution in [0, 0.1) is 0 Å². The molecule has 0 aliphatic carbocycles. The average Bonchev–Trinajstić information content (AvgIpc) is 2.82. The van der Waals surface area contributed by atoms with Gasteiger partial charge in [-0.25, -0.2) is 9.78 Å². The molecule has 0 aliphatic heterocycles. The van der Waals surface area contributed by atoms with Gasteiger partial charge in [0.2, 0.25) is 5.91 Å². The minimum Gasteiger partial charge on any atom is -0.338 e. The Kier molecular flexibility index (Phi) is 5.73. The average molecular weight is 270 g/mol. The highest BCUT2D eigenvalue weighted by Gasteiger charge is 2.18. The Labute approximate surface area is 110 Å². The predicted octanol–water partition coefficient (Wildman–Crippen LogP) is 1.03. The normalized spacial score (nSPS) is 13.7. The largest absolute Gasteiger partial charge is 0.338 e. The molecule has 3 N–H and O–H groups in total. The molecule has 0 aromatic carbocycles. The van der Waals surface area contributed by atoms with E-state index in [1.165, 1.54) is 11.3 Å². The van der Waals surface area contributed by atoms with Crippen molar-refractivity contribution in [3.63, 3.8) is 0 Å². The molecule has 100 valence electrons. The third-order valence-corrected chi connectivity index (χ3v) is 3.25. The number of nitrogens with zero attached hydrogens (tertiary/aromatic N) is 1. The first-order chi connectivity index (χ1) is 8.54. The number of thiazole rings is 1. The minimum atomic E-state index is -0.474. The molecule has 2 atom stereocenters. The Morgan fingerprint density at radius 2 is 2.17 bits per heavy atom. The molecule has 0 aliphatic rings. The first-order valence-electron chi connectivity index (χ1n) is 5.78. The summed E-state index contributed by atoms with van der Waals surface area (Å²) in [6.45, 7) is 5.90. The zero-order valence-electron chi connectivity index (χ0n) is 10.7. The third kappa shape index (κ3) is 4.42. The van der Waals surface area contributed by atoms with E-state index in [2.05, 4.69) is 20.9 Å². The fraction of sp³-hybridized carbons (Fsp3) is 0.545. The summed E-state index contributed by atoms with van der Waals surface area (Å²) in [6.07, 6.45) is 1.72. The lowest BCUT2D eigenvalue weighted by molar-refractivity contribution is -0.121. The molecule has 0 fully saturated rings. The molecule has 7 heteroatoms. The van der Waals surface area contributed by atoms with Crippen LogP contribution in [0.5, 0.6) is 0 Å². The van der Waals surface area contributed by atoms with E-state index in [-0.39, 0.29) is 11.9 Å². The lowest BCUT2D eigenvalue weighted by Crippen LogP contribution is -2.48. The number of carbonyl (C=O) groups is 2. The van der Waals surface area contributed by atoms with E-state index >= 15 is 0 Å². The monoisotopic (exact) mass is 270 g/mol. The second-order valence-corrected chi connectivity index (χ2v) is 4.76. The molecule has 1 aromatic heterocycles. The Bertz CT molecular complexity index is 394. The topological polar surface area (TPSA) is 83.1 Å². The molecule has 0 saturated heterocycles. The van der Waals surface area contributed by atoms with Gasteiger partial charge in [-0.2, -0.15) is 0 Å². The van der Waals surface area contributed by atoms with Crippen LogP contribution in [0.25, 0.3) is 0 Å². The maximum absolute atomic E-state index is 11.7. The highest BCUT2D eigenvalue weighted by molar-refractivity contribution is 7.09. The van der Waals surface area contributed by atoms with Crippen molar-refractivity contribution in [2.24, 2.45) is 0 Å². The summed E-state index contributed by atoms with van der Waals surface area (Å²) in [7, 11) is 0. The van der Waals surface area contributed by atoms with Crippen LogP contribution >= 0.6 is 11.3 Å². The van der Waals surface area contributed by atoms with Crippen molar-refractivity contribution >= 4 is 23.3 Å². The third-order valence-electron chi connectivity index (χ3n) is 2.29. The zero-order chi connectivity index (χ0) is 13.5. The van der Waals surface area contributed by atoms with Crippen LogP contribution in [0.4, 0.5) is 4.79 Å². The van der Waals surface area contributed by atoms with Crippen LogP contribution in [0.3, 0.4) is 0 Å². The molecule has 2 unspecified atom stereocenters. The number of nitrogens with one attached hydrogen (secondary N) is 3. The molecule has 6 nitrogen and oxygen atoms in total. The van der Waals surface area contributed by atoms with Gasteiger partial charge >= 0.3 is 6.03 Å². The standard InChI is InChI=1S/C11H18N4O2S/c1-4-12-11(17)15-9(16)7(2)14-8(3)10-13-5-6-18-10/h5-8,14H,4H2,1-3H3,(H2,12,15,16,17). The first-order valence-corrected chi connectivity index (χ1v) is 6.66. The number of urea groups is 1. The lowest BCUT2D eigenvalue weighted by atomic mass is 10.2. The van der Waals surface area contributed by atoms with E-state index in [9.17, 15) is 9.59 Å². The van der Waals surface area contributed by atoms with E-state index in [4.69, 9.17) is 0 Å². The van der Waals surface area contributed by atoms with Crippen molar-refractivity contribution in [1.29, 1.82) is 0 Å². The number of carbonyl (C=O) groups excluding carboxylic acids is 2. The van der Waals surface area contributed by atoms with Gasteiger partial charge in [0.1, 0.15) is 5.01 Å². The minimum absolute atomic E-state index is 0.0278. The van der Waals surface area contributed by atoms with Gasteiger partial charge in [0.15, 0.2) is 0 Å². The summed E-state index contributed by atoms with van der Waals surface area (Å²) in [5.41, 5.74) is 0. The van der Waals surface area contributed by atoms with Crippen molar-refractivity contribution in [3.05, 3.63) is 16.6 Å². The van der Waals surface area contributed by atoms with Crippen molar-refractivity contribution in [2.75, 3.05) is 6.54 Å². The Morgan fingerprint density at radius 3 is 2.72 bits per heavy atom. The number of hydrogen-bond donors (Lipinski definition) is 3. The lowest BCUT2D eigenvalue weighted by Gasteiger charge is -2.17. The molecule has 3 amide bonds. The molecule has 1 aromatic rings. The molecule has 18 heavy (non-hydrogen) atoms. The highest BCUT2D eigenvalue weighted by atomic mass is 32.1. The highest BCUT2D eigenvalue weighted by Crippen LogP contribution is 2.15. The van der Waals surface area contributed by atoms with Crippen LogP contribution in [-0.2, 0) is 4.79 Å². The second-order valence-electron chi connectivity index (χ2n) is 3.83. The van der Waals surface area contributed by atoms with Gasteiger partial charge in [-0.05, 0) is 20.8 Å². The van der Waals surface area contributed by atoms with Crippen LogP contribution in [0.1, 0.15) is 31.8 Å². The summed E-state index contributed by atoms with van der Waals surface area (Å²) in [5, 5.41) is 10.6. The molecule has 0 radical (unpaired) electrons. The number of imide groups is 1. The summed E-state index contributed by atoms with van der Waals surface area (Å²) in [5.74, 6) is -0.357. The van der Waals surface area contributed by atoms with Gasteiger partial charge in [-0.3, -0.25) is 15.4 Å². The Hall–Kier alpha value is -1.47. The Morgan fingerprint density at radius 1 is 1.44 bits per heavy atom. The number of amides is 3. The second kappa shape index (κ2) is 7.07. The van der Waals surface area contributed by atoms with Crippen LogP contribution in [-0.4, -0.2) is 29.5 Å². The van der Waals surface area contributed by atoms with Crippen molar-refractivity contribution in [2.45, 2.75) is 32.9 Å². The number of hydrogen-bond acceptors (Lipinski definition) is 5. The van der Waals surface area contributed by atoms with Gasteiger partial charge < -0.3 is 5.32 Å². The van der Waals surface area contributed by atoms with Crippen molar-refractivity contribution in [3.8, 4) is 0 Å². The quantitative estimate of drug-likeness (QED) is 0.746. The number of rotatable bonds is 5. The smallest absolute Gasteiger partial charge is 0.321 e. The van der Waals surface area contributed by atoms with Gasteiger partial charge in [0.05, 0.1) is 12.1 Å². The van der Waals surface area contributed by atoms with Crippen molar-refractivity contribution in [1.82, 2.24) is 20.9 Å². The molecular weight excluding hydrogens is 252 g/mol. The molecule has 0 spiro atoms. The zero-order valence-corrected chi connectivity index (χ0v) is 11.5. The summed E-state index contributed by atoms with van der Waals surface area (Å²) >= 11 is 1.52. The fourth-order valence-electron chi connectivity index (χ4n) is 1.40. The maximum Gasteiger partial charge on any atom is 0.321 e. The van der Waals surface area contributed by atoms with E-state index in [0.717, 1.165) is 5.01 Å². The predicted molar refractivity (Wildman–Crippen MR) is 70.3 cm³/mol. The summed E-state index contributed by atoms with van der Waals surface area (Å²) < 4.78 is 0. The van der Waals surface area contributed by atoms with Gasteiger partial charge in [-0.1, -0.05) is 0 Å². The van der Waals surface area contributed by atoms with Crippen LogP contribution in [0.15, 0.2) is 11.6 Å². The van der Waals surface area contributed by atoms with E-state index in [0.29, 0.717) is 6.54 Å². The van der Waals surface area contributed by atoms with Crippen LogP contribution < -0.4 is 16.0 Å². The van der Waals surface area contributed by atoms with E-state index in [1.54, 1.807) is 20.0 Å². The van der Waals surface area contributed by atoms with E-state index < -0.39 is 12.1 Å².